The van der Waals surface area contributed by atoms with Crippen molar-refractivity contribution in [1.29, 1.82) is 5.26 Å². The number of benzene rings is 1. The van der Waals surface area contributed by atoms with Gasteiger partial charge in [0.25, 0.3) is 5.91 Å². The van der Waals surface area contributed by atoms with E-state index in [1.807, 2.05) is 40.8 Å². The lowest BCUT2D eigenvalue weighted by atomic mass is 9.88. The quantitative estimate of drug-likeness (QED) is 0.470. The molecule has 202 valence electrons. The molecule has 1 saturated heterocycles. The fourth-order valence-corrected chi connectivity index (χ4v) is 5.53. The fourth-order valence-electron chi connectivity index (χ4n) is 5.53. The van der Waals surface area contributed by atoms with Crippen molar-refractivity contribution >= 4 is 40.4 Å². The Morgan fingerprint density at radius 2 is 1.95 bits per heavy atom. The number of aryl methyl sites for hydroxylation is 1. The Morgan fingerprint density at radius 1 is 1.13 bits per heavy atom. The molecule has 1 aliphatic heterocycles. The molecule has 3 amide bonds. The van der Waals surface area contributed by atoms with Gasteiger partial charge in [-0.15, -0.1) is 0 Å². The number of carbonyl (C=O) groups excluding carboxylic acids is 3. The molecule has 0 bridgehead atoms. The number of amides is 3. The number of hydrogen-bond donors (Lipinski definition) is 1. The number of nitriles is 1. The number of anilines is 2. The van der Waals surface area contributed by atoms with Crippen LogP contribution >= 0.6 is 0 Å². The number of likely N-dealkylation sites (tertiary alicyclic amines) is 1. The maximum Gasteiger partial charge on any atom is 0.259 e. The van der Waals surface area contributed by atoms with Crippen molar-refractivity contribution < 1.29 is 14.4 Å². The molecule has 0 spiro atoms. The molecule has 2 fully saturated rings. The second-order valence-electron chi connectivity index (χ2n) is 10.3. The summed E-state index contributed by atoms with van der Waals surface area (Å²) in [5.74, 6) is 0.364. The molecule has 1 aliphatic carbocycles. The van der Waals surface area contributed by atoms with Crippen LogP contribution in [0.3, 0.4) is 0 Å². The van der Waals surface area contributed by atoms with Crippen molar-refractivity contribution in [3.63, 3.8) is 0 Å². The highest BCUT2D eigenvalue weighted by Gasteiger charge is 2.26. The Kier molecular flexibility index (Phi) is 7.87. The Bertz CT molecular complexity index is 1420. The summed E-state index contributed by atoms with van der Waals surface area (Å²) in [5.41, 5.74) is 2.81. The monoisotopic (exact) mass is 527 g/mol. The first-order chi connectivity index (χ1) is 18.9. The van der Waals surface area contributed by atoms with Crippen LogP contribution in [-0.4, -0.2) is 57.3 Å². The number of aromatic nitrogens is 3. The second-order valence-corrected chi connectivity index (χ2v) is 10.3. The number of pyridine rings is 1. The fraction of sp³-hybridized carbons (Fsp3) is 0.448. The first-order valence-electron chi connectivity index (χ1n) is 13.7. The van der Waals surface area contributed by atoms with Gasteiger partial charge in [-0.25, -0.2) is 9.97 Å². The minimum absolute atomic E-state index is 0.0567. The molecule has 1 aromatic carbocycles. The number of hydrogen-bond acceptors (Lipinski definition) is 6. The Morgan fingerprint density at radius 3 is 2.64 bits per heavy atom. The van der Waals surface area contributed by atoms with Gasteiger partial charge in [0, 0.05) is 50.9 Å². The van der Waals surface area contributed by atoms with Crippen LogP contribution in [0.5, 0.6) is 0 Å². The molecule has 5 rings (SSSR count). The first-order valence-corrected chi connectivity index (χ1v) is 13.7. The van der Waals surface area contributed by atoms with E-state index in [-0.39, 0.29) is 29.3 Å². The van der Waals surface area contributed by atoms with Crippen LogP contribution in [0.1, 0.15) is 67.4 Å². The van der Waals surface area contributed by atoms with Crippen LogP contribution in [0.25, 0.3) is 11.0 Å². The van der Waals surface area contributed by atoms with Crippen molar-refractivity contribution in [3.8, 4) is 6.07 Å². The van der Waals surface area contributed by atoms with Crippen molar-refractivity contribution in [3.05, 3.63) is 47.8 Å². The SMILES string of the molecule is CN(C(=O)C1CCCCC1)c1ccc2c(c1)nc(NC(=O)c1ccc(C#N)nc1)n2CCCN1CCCC1=O. The van der Waals surface area contributed by atoms with E-state index in [4.69, 9.17) is 10.2 Å². The minimum Gasteiger partial charge on any atom is -0.343 e. The van der Waals surface area contributed by atoms with Gasteiger partial charge in [0.05, 0.1) is 16.6 Å². The maximum absolute atomic E-state index is 13.1. The van der Waals surface area contributed by atoms with Gasteiger partial charge in [0.15, 0.2) is 0 Å². The Labute approximate surface area is 227 Å². The van der Waals surface area contributed by atoms with Gasteiger partial charge in [-0.2, -0.15) is 5.26 Å². The molecule has 3 heterocycles. The average Bonchev–Trinajstić information content (AvgIpc) is 3.54. The van der Waals surface area contributed by atoms with Crippen LogP contribution in [0.15, 0.2) is 36.5 Å². The topological polar surface area (TPSA) is 124 Å². The molecule has 2 aliphatic rings. The number of nitrogens with zero attached hydrogens (tertiary/aromatic N) is 6. The van der Waals surface area contributed by atoms with Gasteiger partial charge in [0.1, 0.15) is 11.8 Å². The van der Waals surface area contributed by atoms with Crippen LogP contribution in [0.2, 0.25) is 0 Å². The number of rotatable bonds is 8. The lowest BCUT2D eigenvalue weighted by molar-refractivity contribution is -0.127. The van der Waals surface area contributed by atoms with E-state index < -0.39 is 0 Å². The summed E-state index contributed by atoms with van der Waals surface area (Å²) in [6.45, 7) is 1.98. The van der Waals surface area contributed by atoms with Crippen molar-refractivity contribution in [2.45, 2.75) is 57.9 Å². The van der Waals surface area contributed by atoms with E-state index in [9.17, 15) is 14.4 Å². The second kappa shape index (κ2) is 11.6. The van der Waals surface area contributed by atoms with Crippen LogP contribution in [-0.2, 0) is 16.1 Å². The standard InChI is InChI=1S/C29H33N7O3/c1-34(28(39)20-7-3-2-4-8-20)23-12-13-25-24(17-23)32-29(33-27(38)21-10-11-22(18-30)31-19-21)36(25)16-6-15-35-14-5-9-26(35)37/h10-13,17,19-20H,2-9,14-16H2,1H3,(H,32,33,38). The van der Waals surface area contributed by atoms with Crippen molar-refractivity contribution in [1.82, 2.24) is 19.4 Å². The van der Waals surface area contributed by atoms with E-state index in [0.717, 1.165) is 49.9 Å². The van der Waals surface area contributed by atoms with Crippen molar-refractivity contribution in [2.24, 2.45) is 5.92 Å². The van der Waals surface area contributed by atoms with Crippen LogP contribution in [0, 0.1) is 17.2 Å². The van der Waals surface area contributed by atoms with Crippen LogP contribution < -0.4 is 10.2 Å². The summed E-state index contributed by atoms with van der Waals surface area (Å²) in [4.78, 5) is 50.5. The molecule has 0 unspecified atom stereocenters. The number of carbonyl (C=O) groups is 3. The Balaban J connectivity index is 1.40. The lowest BCUT2D eigenvalue weighted by Crippen LogP contribution is -2.33. The normalized spacial score (nSPS) is 15.9. The minimum atomic E-state index is -0.386. The molecule has 39 heavy (non-hydrogen) atoms. The van der Waals surface area contributed by atoms with E-state index in [1.165, 1.54) is 18.7 Å². The average molecular weight is 528 g/mol. The van der Waals surface area contributed by atoms with E-state index in [1.54, 1.807) is 11.0 Å². The first kappa shape index (κ1) is 26.4. The molecule has 1 saturated carbocycles. The van der Waals surface area contributed by atoms with E-state index >= 15 is 0 Å². The zero-order chi connectivity index (χ0) is 27.4. The highest BCUT2D eigenvalue weighted by Crippen LogP contribution is 2.30. The summed E-state index contributed by atoms with van der Waals surface area (Å²) in [5, 5.41) is 11.9. The highest BCUT2D eigenvalue weighted by atomic mass is 16.2. The third kappa shape index (κ3) is 5.77. The highest BCUT2D eigenvalue weighted by molar-refractivity contribution is 6.04. The lowest BCUT2D eigenvalue weighted by Gasteiger charge is -2.26. The Hall–Kier alpha value is -4.26. The molecular formula is C29H33N7O3. The zero-order valence-electron chi connectivity index (χ0n) is 22.2. The third-order valence-electron chi connectivity index (χ3n) is 7.75. The van der Waals surface area contributed by atoms with Gasteiger partial charge >= 0.3 is 0 Å². The summed E-state index contributed by atoms with van der Waals surface area (Å²) < 4.78 is 1.94. The predicted octanol–water partition coefficient (Wildman–Crippen LogP) is 4.11. The molecule has 1 N–H and O–H groups in total. The molecule has 3 aromatic rings. The van der Waals surface area contributed by atoms with Crippen LogP contribution in [0.4, 0.5) is 11.6 Å². The summed E-state index contributed by atoms with van der Waals surface area (Å²) >= 11 is 0. The molecule has 10 nitrogen and oxygen atoms in total. The smallest absolute Gasteiger partial charge is 0.259 e. The number of fused-ring (bicyclic) bond motifs is 1. The van der Waals surface area contributed by atoms with Gasteiger partial charge in [0.2, 0.25) is 17.8 Å². The zero-order valence-corrected chi connectivity index (χ0v) is 22.2. The maximum atomic E-state index is 13.1. The van der Waals surface area contributed by atoms with E-state index in [0.29, 0.717) is 43.0 Å². The van der Waals surface area contributed by atoms with Gasteiger partial charge in [-0.3, -0.25) is 19.7 Å². The molecule has 0 atom stereocenters. The summed E-state index contributed by atoms with van der Waals surface area (Å²) in [6, 6.07) is 10.7. The molecule has 0 radical (unpaired) electrons. The molecule has 2 aromatic heterocycles. The number of nitrogens with one attached hydrogen (secondary N) is 1. The summed E-state index contributed by atoms with van der Waals surface area (Å²) in [6.07, 6.45) is 8.80. The third-order valence-corrected chi connectivity index (χ3v) is 7.75. The predicted molar refractivity (Wildman–Crippen MR) is 147 cm³/mol. The number of imidazole rings is 1. The largest absolute Gasteiger partial charge is 0.343 e. The van der Waals surface area contributed by atoms with Gasteiger partial charge < -0.3 is 14.4 Å². The van der Waals surface area contributed by atoms with Gasteiger partial charge in [-0.1, -0.05) is 19.3 Å². The van der Waals surface area contributed by atoms with Crippen molar-refractivity contribution in [2.75, 3.05) is 30.4 Å². The summed E-state index contributed by atoms with van der Waals surface area (Å²) in [7, 11) is 1.81. The molecular weight excluding hydrogens is 494 g/mol. The van der Waals surface area contributed by atoms with Gasteiger partial charge in [-0.05, 0) is 56.0 Å². The van der Waals surface area contributed by atoms with E-state index in [2.05, 4.69) is 10.3 Å². The molecule has 10 heteroatoms.